The molecule has 0 aliphatic carbocycles. The molecule has 1 amide bonds. The van der Waals surface area contributed by atoms with E-state index >= 15 is 0 Å². The molecule has 5 nitrogen and oxygen atoms in total. The normalized spacial score (nSPS) is 11.9. The van der Waals surface area contributed by atoms with Crippen LogP contribution in [0.4, 0.5) is 32.2 Å². The molecule has 0 unspecified atom stereocenters. The summed E-state index contributed by atoms with van der Waals surface area (Å²) in [5, 5.41) is 4.09. The van der Waals surface area contributed by atoms with E-state index in [9.17, 15) is 35.9 Å². The van der Waals surface area contributed by atoms with E-state index in [0.717, 1.165) is 0 Å². The van der Waals surface area contributed by atoms with Gasteiger partial charge in [-0.05, 0) is 41.8 Å². The van der Waals surface area contributed by atoms with Crippen molar-refractivity contribution in [2.75, 3.05) is 5.32 Å². The first-order valence-electron chi connectivity index (χ1n) is 9.36. The molecule has 2 aromatic heterocycles. The first-order chi connectivity index (χ1) is 15.4. The molecule has 2 heterocycles. The molecular weight excluding hydrogens is 472 g/mol. The van der Waals surface area contributed by atoms with E-state index in [1.807, 2.05) is 0 Å². The number of nitrogens with zero attached hydrogens (tertiary/aromatic N) is 2. The highest BCUT2D eigenvalue weighted by Crippen LogP contribution is 2.36. The van der Waals surface area contributed by atoms with Gasteiger partial charge in [0.2, 0.25) is 0 Å². The van der Waals surface area contributed by atoms with Crippen molar-refractivity contribution < 1.29 is 35.9 Å². The summed E-state index contributed by atoms with van der Waals surface area (Å²) in [4.78, 5) is 32.0. The number of halogens is 6. The number of pyridine rings is 1. The molecule has 0 aliphatic rings. The van der Waals surface area contributed by atoms with Gasteiger partial charge < -0.3 is 5.32 Å². The maximum Gasteiger partial charge on any atom is 0.416 e. The maximum absolute atomic E-state index is 12.9. The van der Waals surface area contributed by atoms with Crippen molar-refractivity contribution in [3.05, 3.63) is 75.4 Å². The standard InChI is InChI=1S/C21H15F6N3O2S/c22-20(23,24)14-5-12(6-15(8-14)21(25,26)27)1-3-16(31)7-13-2-4-18(28-9-13)30-19(32)17-10-33-11-29-17/h2,4-6,8-11H,1,3,7H2,(H,28,30,32). The van der Waals surface area contributed by atoms with E-state index in [1.165, 1.54) is 35.2 Å². The zero-order valence-electron chi connectivity index (χ0n) is 16.6. The molecule has 0 bridgehead atoms. The number of nitrogens with one attached hydrogen (secondary N) is 1. The molecule has 0 fully saturated rings. The van der Waals surface area contributed by atoms with Crippen molar-refractivity contribution in [2.45, 2.75) is 31.6 Å². The fourth-order valence-corrected chi connectivity index (χ4v) is 3.40. The fourth-order valence-electron chi connectivity index (χ4n) is 2.87. The van der Waals surface area contributed by atoms with E-state index in [0.29, 0.717) is 17.7 Å². The first kappa shape index (κ1) is 24.4. The highest BCUT2D eigenvalue weighted by atomic mass is 32.1. The van der Waals surface area contributed by atoms with E-state index in [1.54, 1.807) is 5.38 Å². The SMILES string of the molecule is O=C(CCc1cc(C(F)(F)F)cc(C(F)(F)F)c1)Cc1ccc(NC(=O)c2cscn2)nc1. The summed E-state index contributed by atoms with van der Waals surface area (Å²) in [7, 11) is 0. The Bertz CT molecular complexity index is 1090. The number of benzene rings is 1. The van der Waals surface area contributed by atoms with Crippen LogP contribution < -0.4 is 5.32 Å². The molecule has 0 spiro atoms. The Kier molecular flexibility index (Phi) is 7.15. The molecule has 3 aromatic rings. The summed E-state index contributed by atoms with van der Waals surface area (Å²) in [6, 6.07) is 4.28. The number of amides is 1. The van der Waals surface area contributed by atoms with Gasteiger partial charge in [-0.25, -0.2) is 9.97 Å². The monoisotopic (exact) mass is 487 g/mol. The molecule has 0 radical (unpaired) electrons. The summed E-state index contributed by atoms with van der Waals surface area (Å²) in [5.41, 5.74) is -0.862. The van der Waals surface area contributed by atoms with Crippen molar-refractivity contribution in [1.82, 2.24) is 9.97 Å². The lowest BCUT2D eigenvalue weighted by molar-refractivity contribution is -0.143. The van der Waals surface area contributed by atoms with E-state index in [-0.39, 0.29) is 48.2 Å². The van der Waals surface area contributed by atoms with E-state index in [2.05, 4.69) is 15.3 Å². The molecule has 0 aliphatic heterocycles. The number of ketones is 1. The largest absolute Gasteiger partial charge is 0.416 e. The smallest absolute Gasteiger partial charge is 0.305 e. The van der Waals surface area contributed by atoms with Crippen LogP contribution in [0.2, 0.25) is 0 Å². The third-order valence-electron chi connectivity index (χ3n) is 4.47. The van der Waals surface area contributed by atoms with Crippen LogP contribution in [0.3, 0.4) is 0 Å². The number of carbonyl (C=O) groups excluding carboxylic acids is 2. The number of carbonyl (C=O) groups is 2. The van der Waals surface area contributed by atoms with E-state index in [4.69, 9.17) is 0 Å². The highest BCUT2D eigenvalue weighted by molar-refractivity contribution is 7.07. The molecular formula is C21H15F6N3O2S. The predicted molar refractivity (Wildman–Crippen MR) is 108 cm³/mol. The number of thiazole rings is 1. The van der Waals surface area contributed by atoms with Crippen molar-refractivity contribution in [1.29, 1.82) is 0 Å². The Balaban J connectivity index is 1.60. The van der Waals surface area contributed by atoms with Crippen molar-refractivity contribution in [3.8, 4) is 0 Å². The average Bonchev–Trinajstić information content (AvgIpc) is 3.27. The number of rotatable bonds is 7. The molecule has 12 heteroatoms. The summed E-state index contributed by atoms with van der Waals surface area (Å²) in [5.74, 6) is -0.609. The summed E-state index contributed by atoms with van der Waals surface area (Å²) >= 11 is 1.25. The number of hydrogen-bond donors (Lipinski definition) is 1. The zero-order valence-corrected chi connectivity index (χ0v) is 17.4. The second-order valence-electron chi connectivity index (χ2n) is 7.01. The quantitative estimate of drug-likeness (QED) is 0.442. The van der Waals surface area contributed by atoms with Crippen LogP contribution in [0.5, 0.6) is 0 Å². The van der Waals surface area contributed by atoms with Crippen LogP contribution >= 0.6 is 11.3 Å². The van der Waals surface area contributed by atoms with Crippen LogP contribution in [-0.4, -0.2) is 21.7 Å². The fraction of sp³-hybridized carbons (Fsp3) is 0.238. The van der Waals surface area contributed by atoms with Crippen molar-refractivity contribution in [2.24, 2.45) is 0 Å². The molecule has 0 atom stereocenters. The topological polar surface area (TPSA) is 72.0 Å². The van der Waals surface area contributed by atoms with Gasteiger partial charge in [-0.15, -0.1) is 11.3 Å². The average molecular weight is 487 g/mol. The van der Waals surface area contributed by atoms with Gasteiger partial charge in [-0.3, -0.25) is 9.59 Å². The third-order valence-corrected chi connectivity index (χ3v) is 5.06. The van der Waals surface area contributed by atoms with Gasteiger partial charge in [0, 0.05) is 24.4 Å². The van der Waals surface area contributed by atoms with Crippen LogP contribution in [0.1, 0.15) is 39.2 Å². The van der Waals surface area contributed by atoms with Crippen LogP contribution in [0.25, 0.3) is 0 Å². The maximum atomic E-state index is 12.9. The van der Waals surface area contributed by atoms with Gasteiger partial charge in [0.25, 0.3) is 5.91 Å². The molecule has 0 saturated heterocycles. The number of anilines is 1. The second-order valence-corrected chi connectivity index (χ2v) is 7.73. The lowest BCUT2D eigenvalue weighted by atomic mass is 9.99. The number of Topliss-reactive ketones (excluding diaryl/α,β-unsaturated/α-hetero) is 1. The Hall–Kier alpha value is -3.28. The van der Waals surface area contributed by atoms with Crippen LogP contribution in [0, 0.1) is 0 Å². The predicted octanol–water partition coefficient (Wildman–Crippen LogP) is 5.57. The minimum atomic E-state index is -4.94. The summed E-state index contributed by atoms with van der Waals surface area (Å²) in [6.07, 6.45) is -9.17. The zero-order chi connectivity index (χ0) is 24.2. The second kappa shape index (κ2) is 9.69. The molecule has 33 heavy (non-hydrogen) atoms. The van der Waals surface area contributed by atoms with Crippen LogP contribution in [-0.2, 0) is 30.0 Å². The number of hydrogen-bond acceptors (Lipinski definition) is 5. The van der Waals surface area contributed by atoms with Crippen LogP contribution in [0.15, 0.2) is 47.4 Å². The minimum Gasteiger partial charge on any atom is -0.305 e. The third kappa shape index (κ3) is 6.85. The number of aryl methyl sites for hydroxylation is 1. The molecule has 1 N–H and O–H groups in total. The molecule has 1 aromatic carbocycles. The van der Waals surface area contributed by atoms with Gasteiger partial charge in [-0.2, -0.15) is 26.3 Å². The Morgan fingerprint density at radius 2 is 1.58 bits per heavy atom. The number of aromatic nitrogens is 2. The van der Waals surface area contributed by atoms with Gasteiger partial charge in [0.05, 0.1) is 16.6 Å². The Morgan fingerprint density at radius 1 is 0.909 bits per heavy atom. The van der Waals surface area contributed by atoms with Gasteiger partial charge in [0.15, 0.2) is 0 Å². The van der Waals surface area contributed by atoms with E-state index < -0.39 is 29.4 Å². The van der Waals surface area contributed by atoms with Gasteiger partial charge in [-0.1, -0.05) is 6.07 Å². The molecule has 3 rings (SSSR count). The number of alkyl halides is 6. The molecule has 174 valence electrons. The summed E-state index contributed by atoms with van der Waals surface area (Å²) in [6.45, 7) is 0. The van der Waals surface area contributed by atoms with Gasteiger partial charge >= 0.3 is 12.4 Å². The lowest BCUT2D eigenvalue weighted by Crippen LogP contribution is -2.13. The van der Waals surface area contributed by atoms with Crippen molar-refractivity contribution >= 4 is 28.8 Å². The first-order valence-corrected chi connectivity index (χ1v) is 10.3. The lowest BCUT2D eigenvalue weighted by Gasteiger charge is -2.14. The minimum absolute atomic E-state index is 0.0474. The molecule has 0 saturated carbocycles. The van der Waals surface area contributed by atoms with Crippen molar-refractivity contribution in [3.63, 3.8) is 0 Å². The summed E-state index contributed by atoms with van der Waals surface area (Å²) < 4.78 is 77.7. The van der Waals surface area contributed by atoms with Gasteiger partial charge in [0.1, 0.15) is 17.3 Å². The highest BCUT2D eigenvalue weighted by Gasteiger charge is 2.36. The Labute approximate surface area is 187 Å². The Morgan fingerprint density at radius 3 is 2.09 bits per heavy atom.